The first-order chi connectivity index (χ1) is 11.7. The average Bonchev–Trinajstić information content (AvgIpc) is 3.04. The molecule has 0 bridgehead atoms. The van der Waals surface area contributed by atoms with Crippen LogP contribution in [0.15, 0.2) is 90.2 Å². The molecule has 4 rings (SSSR count). The molecule has 0 N–H and O–H groups in total. The Morgan fingerprint density at radius 1 is 0.792 bits per heavy atom. The van der Waals surface area contributed by atoms with Gasteiger partial charge < -0.3 is 0 Å². The molecule has 0 unspecified atom stereocenters. The van der Waals surface area contributed by atoms with Gasteiger partial charge in [-0.1, -0.05) is 54.6 Å². The van der Waals surface area contributed by atoms with Gasteiger partial charge in [0, 0.05) is 23.3 Å². The molecule has 0 saturated carbocycles. The number of hydrogen-bond acceptors (Lipinski definition) is 3. The molecule has 2 heterocycles. The molecule has 24 heavy (non-hydrogen) atoms. The molecule has 4 nitrogen and oxygen atoms in total. The van der Waals surface area contributed by atoms with Crippen LogP contribution in [-0.2, 0) is 10.0 Å². The first-order valence-electron chi connectivity index (χ1n) is 7.50. The van der Waals surface area contributed by atoms with E-state index in [1.165, 1.54) is 16.2 Å². The van der Waals surface area contributed by atoms with E-state index in [1.54, 1.807) is 18.3 Å². The van der Waals surface area contributed by atoms with Gasteiger partial charge in [0.05, 0.1) is 5.52 Å². The lowest BCUT2D eigenvalue weighted by atomic mass is 10.1. The van der Waals surface area contributed by atoms with Gasteiger partial charge in [0.25, 0.3) is 10.0 Å². The highest BCUT2D eigenvalue weighted by molar-refractivity contribution is 7.90. The summed E-state index contributed by atoms with van der Waals surface area (Å²) in [5, 5.41) is 0.925. The van der Waals surface area contributed by atoms with E-state index in [0.29, 0.717) is 5.52 Å². The number of para-hydroxylation sites is 1. The quantitative estimate of drug-likeness (QED) is 0.570. The van der Waals surface area contributed by atoms with Crippen molar-refractivity contribution in [1.29, 1.82) is 0 Å². The fraction of sp³-hybridized carbons (Fsp3) is 0. The molecule has 0 fully saturated rings. The summed E-state index contributed by atoms with van der Waals surface area (Å²) in [6, 6.07) is 22.1. The summed E-state index contributed by atoms with van der Waals surface area (Å²) in [7, 11) is -3.75. The minimum absolute atomic E-state index is 0.0327. The van der Waals surface area contributed by atoms with Gasteiger partial charge in [-0.25, -0.2) is 8.96 Å². The summed E-state index contributed by atoms with van der Waals surface area (Å²) < 4.78 is 27.3. The van der Waals surface area contributed by atoms with Crippen LogP contribution in [0.2, 0.25) is 0 Å². The molecule has 0 saturated heterocycles. The minimum atomic E-state index is -3.75. The van der Waals surface area contributed by atoms with E-state index in [9.17, 15) is 8.42 Å². The molecule has 5 heteroatoms. The number of nitrogens with zero attached hydrogens (tertiary/aromatic N) is 2. The van der Waals surface area contributed by atoms with Crippen molar-refractivity contribution in [2.24, 2.45) is 0 Å². The summed E-state index contributed by atoms with van der Waals surface area (Å²) in [4.78, 5) is 4.01. The largest absolute Gasteiger partial charge is 0.285 e. The Morgan fingerprint density at radius 2 is 1.50 bits per heavy atom. The topological polar surface area (TPSA) is 52.0 Å². The van der Waals surface area contributed by atoms with E-state index >= 15 is 0 Å². The lowest BCUT2D eigenvalue weighted by Gasteiger charge is -2.06. The molecule has 0 radical (unpaired) electrons. The third kappa shape index (κ3) is 2.30. The van der Waals surface area contributed by atoms with E-state index in [-0.39, 0.29) is 5.03 Å². The number of benzene rings is 2. The smallest absolute Gasteiger partial charge is 0.243 e. The van der Waals surface area contributed by atoms with Gasteiger partial charge in [-0.15, -0.1) is 0 Å². The molecule has 2 aromatic heterocycles. The first kappa shape index (κ1) is 14.7. The summed E-state index contributed by atoms with van der Waals surface area (Å²) in [5.41, 5.74) is 2.50. The van der Waals surface area contributed by atoms with Gasteiger partial charge in [-0.2, -0.15) is 8.42 Å². The second kappa shape index (κ2) is 5.62. The highest BCUT2D eigenvalue weighted by atomic mass is 32.2. The summed E-state index contributed by atoms with van der Waals surface area (Å²) in [5.74, 6) is 0. The van der Waals surface area contributed by atoms with E-state index in [1.807, 2.05) is 54.6 Å². The van der Waals surface area contributed by atoms with Gasteiger partial charge in [0.15, 0.2) is 5.03 Å². The van der Waals surface area contributed by atoms with E-state index in [2.05, 4.69) is 4.98 Å². The highest BCUT2D eigenvalue weighted by Gasteiger charge is 2.22. The number of fused-ring (bicyclic) bond motifs is 1. The summed E-state index contributed by atoms with van der Waals surface area (Å²) in [6.07, 6.45) is 3.15. The highest BCUT2D eigenvalue weighted by Crippen LogP contribution is 2.32. The van der Waals surface area contributed by atoms with Gasteiger partial charge in [-0.3, -0.25) is 0 Å². The van der Waals surface area contributed by atoms with Crippen LogP contribution < -0.4 is 0 Å². The molecule has 4 aromatic rings. The fourth-order valence-electron chi connectivity index (χ4n) is 2.80. The lowest BCUT2D eigenvalue weighted by Crippen LogP contribution is -2.13. The van der Waals surface area contributed by atoms with Crippen LogP contribution in [0, 0.1) is 0 Å². The molecule has 0 atom stereocenters. The average molecular weight is 334 g/mol. The molecule has 0 aliphatic rings. The second-order valence-electron chi connectivity index (χ2n) is 5.39. The van der Waals surface area contributed by atoms with Crippen molar-refractivity contribution < 1.29 is 8.42 Å². The Hall–Kier alpha value is -2.92. The minimum Gasteiger partial charge on any atom is -0.243 e. The predicted molar refractivity (Wildman–Crippen MR) is 94.2 cm³/mol. The molecule has 0 aliphatic carbocycles. The van der Waals surface area contributed by atoms with Crippen molar-refractivity contribution in [2.75, 3.05) is 0 Å². The van der Waals surface area contributed by atoms with E-state index < -0.39 is 10.0 Å². The van der Waals surface area contributed by atoms with Crippen LogP contribution in [-0.4, -0.2) is 17.4 Å². The van der Waals surface area contributed by atoms with Crippen LogP contribution >= 0.6 is 0 Å². The Bertz CT molecular complexity index is 1100. The number of pyridine rings is 1. The molecular weight excluding hydrogens is 320 g/mol. The van der Waals surface area contributed by atoms with Crippen LogP contribution in [0.5, 0.6) is 0 Å². The first-order valence-corrected chi connectivity index (χ1v) is 8.94. The van der Waals surface area contributed by atoms with Crippen molar-refractivity contribution in [2.45, 2.75) is 5.03 Å². The van der Waals surface area contributed by atoms with Gasteiger partial charge >= 0.3 is 0 Å². The van der Waals surface area contributed by atoms with Crippen molar-refractivity contribution >= 4 is 20.9 Å². The molecule has 2 aromatic carbocycles. The van der Waals surface area contributed by atoms with Crippen molar-refractivity contribution in [3.05, 3.63) is 85.2 Å². The zero-order valence-electron chi connectivity index (χ0n) is 12.7. The zero-order valence-corrected chi connectivity index (χ0v) is 13.5. The Labute approximate surface area is 140 Å². The maximum atomic E-state index is 13.0. The van der Waals surface area contributed by atoms with E-state index in [4.69, 9.17) is 0 Å². The fourth-order valence-corrected chi connectivity index (χ4v) is 4.11. The normalized spacial score (nSPS) is 11.7. The van der Waals surface area contributed by atoms with E-state index in [0.717, 1.165) is 16.5 Å². The summed E-state index contributed by atoms with van der Waals surface area (Å²) in [6.45, 7) is 0. The second-order valence-corrected chi connectivity index (χ2v) is 7.16. The van der Waals surface area contributed by atoms with Crippen LogP contribution in [0.25, 0.3) is 22.0 Å². The summed E-state index contributed by atoms with van der Waals surface area (Å²) >= 11 is 0. The van der Waals surface area contributed by atoms with Crippen molar-refractivity contribution in [3.8, 4) is 11.1 Å². The maximum Gasteiger partial charge on any atom is 0.285 e. The predicted octanol–water partition coefficient (Wildman–Crippen LogP) is 3.94. The Morgan fingerprint density at radius 3 is 2.25 bits per heavy atom. The number of hydrogen-bond donors (Lipinski definition) is 0. The lowest BCUT2D eigenvalue weighted by molar-refractivity contribution is 0.585. The molecule has 0 aliphatic heterocycles. The van der Waals surface area contributed by atoms with Crippen molar-refractivity contribution in [1.82, 2.24) is 8.96 Å². The van der Waals surface area contributed by atoms with Crippen LogP contribution in [0.4, 0.5) is 0 Å². The van der Waals surface area contributed by atoms with Crippen LogP contribution in [0.1, 0.15) is 0 Å². The molecule has 118 valence electrons. The zero-order chi connectivity index (χ0) is 16.6. The monoisotopic (exact) mass is 334 g/mol. The number of rotatable bonds is 3. The maximum absolute atomic E-state index is 13.0. The number of aromatic nitrogens is 2. The third-order valence-electron chi connectivity index (χ3n) is 3.92. The standard InChI is InChI=1S/C19H14N2O2S/c22-24(23,19-12-6-7-13-20-19)21-14-17(15-8-2-1-3-9-15)16-10-4-5-11-18(16)21/h1-14H. The van der Waals surface area contributed by atoms with Crippen LogP contribution in [0.3, 0.4) is 0 Å². The van der Waals surface area contributed by atoms with Crippen molar-refractivity contribution in [3.63, 3.8) is 0 Å². The molecule has 0 spiro atoms. The van der Waals surface area contributed by atoms with Gasteiger partial charge in [-0.05, 0) is 23.8 Å². The SMILES string of the molecule is O=S(=O)(c1ccccn1)n1cc(-c2ccccc2)c2ccccc21. The molecule has 0 amide bonds. The third-order valence-corrected chi connectivity index (χ3v) is 5.51. The Kier molecular flexibility index (Phi) is 3.43. The van der Waals surface area contributed by atoms with Gasteiger partial charge in [0.2, 0.25) is 0 Å². The Balaban J connectivity index is 2.01. The van der Waals surface area contributed by atoms with Gasteiger partial charge in [0.1, 0.15) is 0 Å². The molecular formula is C19H14N2O2S.